The summed E-state index contributed by atoms with van der Waals surface area (Å²) in [7, 11) is 0. The van der Waals surface area contributed by atoms with Crippen LogP contribution in [0.15, 0.2) is 42.5 Å². The van der Waals surface area contributed by atoms with E-state index in [1.165, 1.54) is 5.39 Å². The van der Waals surface area contributed by atoms with E-state index in [4.69, 9.17) is 5.73 Å². The van der Waals surface area contributed by atoms with E-state index in [1.807, 2.05) is 24.3 Å². The lowest BCUT2D eigenvalue weighted by Crippen LogP contribution is -1.69. The second-order valence-corrected chi connectivity index (χ2v) is 3.43. The van der Waals surface area contributed by atoms with Crippen LogP contribution < -0.4 is 5.73 Å². The van der Waals surface area contributed by atoms with Gasteiger partial charge in [0.1, 0.15) is 0 Å². The molecule has 3 aromatic rings. The van der Waals surface area contributed by atoms with E-state index in [9.17, 15) is 0 Å². The molecule has 2 N–H and O–H groups in total. The van der Waals surface area contributed by atoms with Crippen LogP contribution in [0.25, 0.3) is 21.8 Å². The van der Waals surface area contributed by atoms with Gasteiger partial charge in [-0.3, -0.25) is 0 Å². The molecule has 0 saturated heterocycles. The van der Waals surface area contributed by atoms with Crippen molar-refractivity contribution in [2.75, 3.05) is 0 Å². The van der Waals surface area contributed by atoms with Crippen molar-refractivity contribution in [1.82, 2.24) is 10.7 Å². The molecule has 0 amide bonds. The normalized spacial score (nSPS) is 11.1. The molecule has 0 bridgehead atoms. The molecule has 3 rings (SSSR count). The van der Waals surface area contributed by atoms with Gasteiger partial charge in [-0.2, -0.15) is 0 Å². The fourth-order valence-electron chi connectivity index (χ4n) is 1.85. The summed E-state index contributed by atoms with van der Waals surface area (Å²) in [6.45, 7) is 0. The van der Waals surface area contributed by atoms with Crippen LogP contribution in [0.1, 0.15) is 0 Å². The molecule has 2 heteroatoms. The van der Waals surface area contributed by atoms with Crippen molar-refractivity contribution in [3.8, 4) is 0 Å². The number of hydrogen-bond donors (Lipinski definition) is 1. The van der Waals surface area contributed by atoms with Gasteiger partial charge in [0.2, 0.25) is 0 Å². The first-order chi connectivity index (χ1) is 6.84. The summed E-state index contributed by atoms with van der Waals surface area (Å²) in [5.41, 5.74) is 10.4. The maximum atomic E-state index is 7.58. The zero-order chi connectivity index (χ0) is 9.54. The van der Waals surface area contributed by atoms with Crippen molar-refractivity contribution in [2.24, 2.45) is 0 Å². The first-order valence-corrected chi connectivity index (χ1v) is 4.57. The Morgan fingerprint density at radius 2 is 1.64 bits per heavy atom. The van der Waals surface area contributed by atoms with Gasteiger partial charge in [0.15, 0.2) is 0 Å². The molecule has 0 atom stereocenters. The Labute approximate surface area is 81.3 Å². The summed E-state index contributed by atoms with van der Waals surface area (Å²) < 4.78 is 0. The van der Waals surface area contributed by atoms with Gasteiger partial charge in [0, 0.05) is 21.8 Å². The summed E-state index contributed by atoms with van der Waals surface area (Å²) in [4.78, 5) is 3.32. The molecule has 0 fully saturated rings. The number of hydrogen-bond acceptors (Lipinski definition) is 0. The summed E-state index contributed by atoms with van der Waals surface area (Å²) in [5, 5.41) is 2.32. The number of benzene rings is 2. The molecule has 2 aromatic carbocycles. The van der Waals surface area contributed by atoms with E-state index in [2.05, 4.69) is 17.1 Å². The first-order valence-electron chi connectivity index (χ1n) is 4.57. The largest absolute Gasteiger partial charge is 0.355 e. The zero-order valence-electron chi connectivity index (χ0n) is 7.54. The number of rotatable bonds is 0. The number of H-pyrrole nitrogens is 1. The summed E-state index contributed by atoms with van der Waals surface area (Å²) in [5.74, 6) is 0. The number of nitrogens with one attached hydrogen (secondary N) is 2. The summed E-state index contributed by atoms with van der Waals surface area (Å²) in [6.07, 6.45) is 0. The minimum atomic E-state index is 0.558. The number of aromatic nitrogens is 1. The van der Waals surface area contributed by atoms with Gasteiger partial charge < -0.3 is 10.7 Å². The van der Waals surface area contributed by atoms with E-state index in [0.717, 1.165) is 16.4 Å². The minimum absolute atomic E-state index is 0.558. The number of fused-ring (bicyclic) bond motifs is 3. The van der Waals surface area contributed by atoms with Crippen molar-refractivity contribution in [1.29, 1.82) is 0 Å². The van der Waals surface area contributed by atoms with Gasteiger partial charge in [-0.05, 0) is 24.3 Å². The molecule has 0 spiro atoms. The highest BCUT2D eigenvalue weighted by Gasteiger charge is 2.02. The third kappa shape index (κ3) is 0.909. The van der Waals surface area contributed by atoms with Crippen LogP contribution in [0.5, 0.6) is 0 Å². The monoisotopic (exact) mass is 181 g/mol. The van der Waals surface area contributed by atoms with E-state index >= 15 is 0 Å². The molecule has 0 aliphatic carbocycles. The Hall–Kier alpha value is -1.96. The Kier molecular flexibility index (Phi) is 1.34. The standard InChI is InChI=1S/C12H9N2/c13-8-5-6-12-10(7-8)9-3-1-2-4-11(9)14-12/h1-7,13-14H. The lowest BCUT2D eigenvalue weighted by atomic mass is 10.1. The van der Waals surface area contributed by atoms with Crippen molar-refractivity contribution in [2.45, 2.75) is 0 Å². The van der Waals surface area contributed by atoms with Crippen molar-refractivity contribution in [3.63, 3.8) is 0 Å². The topological polar surface area (TPSA) is 39.6 Å². The highest BCUT2D eigenvalue weighted by molar-refractivity contribution is 6.07. The fraction of sp³-hybridized carbons (Fsp3) is 0. The van der Waals surface area contributed by atoms with Crippen LogP contribution >= 0.6 is 0 Å². The van der Waals surface area contributed by atoms with Crippen LogP contribution in [0.4, 0.5) is 5.69 Å². The Bertz CT molecular complexity index is 608. The lowest BCUT2D eigenvalue weighted by Gasteiger charge is -1.91. The molecular formula is C12H9N2. The lowest BCUT2D eigenvalue weighted by molar-refractivity contribution is 1.49. The van der Waals surface area contributed by atoms with Crippen molar-refractivity contribution in [3.05, 3.63) is 42.5 Å². The SMILES string of the molecule is [NH]c1ccc2[nH]c3ccccc3c2c1. The molecule has 1 radical (unpaired) electrons. The average Bonchev–Trinajstić information content (AvgIpc) is 2.56. The molecule has 1 heterocycles. The Morgan fingerprint density at radius 1 is 0.857 bits per heavy atom. The predicted molar refractivity (Wildman–Crippen MR) is 58.6 cm³/mol. The fourth-order valence-corrected chi connectivity index (χ4v) is 1.85. The van der Waals surface area contributed by atoms with E-state index in [0.29, 0.717) is 5.69 Å². The molecular weight excluding hydrogens is 172 g/mol. The molecule has 14 heavy (non-hydrogen) atoms. The molecule has 0 aliphatic rings. The van der Waals surface area contributed by atoms with Crippen LogP contribution in [0.3, 0.4) is 0 Å². The van der Waals surface area contributed by atoms with Gasteiger partial charge in [-0.1, -0.05) is 18.2 Å². The second kappa shape index (κ2) is 2.51. The van der Waals surface area contributed by atoms with Crippen LogP contribution in [-0.4, -0.2) is 4.98 Å². The highest BCUT2D eigenvalue weighted by Crippen LogP contribution is 2.26. The van der Waals surface area contributed by atoms with E-state index < -0.39 is 0 Å². The highest BCUT2D eigenvalue weighted by atomic mass is 14.7. The molecule has 0 aliphatic heterocycles. The summed E-state index contributed by atoms with van der Waals surface area (Å²) >= 11 is 0. The van der Waals surface area contributed by atoms with E-state index in [-0.39, 0.29) is 0 Å². The molecule has 1 aromatic heterocycles. The van der Waals surface area contributed by atoms with Crippen LogP contribution in [-0.2, 0) is 0 Å². The van der Waals surface area contributed by atoms with Gasteiger partial charge in [-0.15, -0.1) is 0 Å². The van der Waals surface area contributed by atoms with Crippen LogP contribution in [0, 0.1) is 0 Å². The summed E-state index contributed by atoms with van der Waals surface area (Å²) in [6, 6.07) is 13.8. The molecule has 0 saturated carbocycles. The third-order valence-electron chi connectivity index (χ3n) is 2.51. The smallest absolute Gasteiger partial charge is 0.0547 e. The first kappa shape index (κ1) is 7.44. The van der Waals surface area contributed by atoms with Gasteiger partial charge in [0.25, 0.3) is 0 Å². The van der Waals surface area contributed by atoms with Gasteiger partial charge >= 0.3 is 0 Å². The van der Waals surface area contributed by atoms with Gasteiger partial charge in [-0.25, -0.2) is 0 Å². The Balaban J connectivity index is 2.58. The third-order valence-corrected chi connectivity index (χ3v) is 2.51. The Morgan fingerprint density at radius 3 is 2.57 bits per heavy atom. The predicted octanol–water partition coefficient (Wildman–Crippen LogP) is 3.24. The second-order valence-electron chi connectivity index (χ2n) is 3.43. The molecule has 0 unspecified atom stereocenters. The average molecular weight is 181 g/mol. The molecule has 2 nitrogen and oxygen atoms in total. The van der Waals surface area contributed by atoms with Crippen molar-refractivity contribution < 1.29 is 0 Å². The van der Waals surface area contributed by atoms with E-state index in [1.54, 1.807) is 6.07 Å². The zero-order valence-corrected chi connectivity index (χ0v) is 7.54. The quantitative estimate of drug-likeness (QED) is 0.553. The minimum Gasteiger partial charge on any atom is -0.355 e. The van der Waals surface area contributed by atoms with Gasteiger partial charge in [0.05, 0.1) is 5.69 Å². The maximum absolute atomic E-state index is 7.58. The number of aromatic amines is 1. The number of para-hydroxylation sites is 1. The maximum Gasteiger partial charge on any atom is 0.0547 e. The molecule has 67 valence electrons. The van der Waals surface area contributed by atoms with Crippen LogP contribution in [0.2, 0.25) is 0 Å². The van der Waals surface area contributed by atoms with Crippen molar-refractivity contribution >= 4 is 27.5 Å².